The van der Waals surface area contributed by atoms with E-state index in [-0.39, 0.29) is 18.4 Å². The first-order valence-corrected chi connectivity index (χ1v) is 8.92. The lowest BCUT2D eigenvalue weighted by molar-refractivity contribution is -0.142. The lowest BCUT2D eigenvalue weighted by Crippen LogP contribution is -2.14. The van der Waals surface area contributed by atoms with Crippen LogP contribution in [0.5, 0.6) is 0 Å². The zero-order chi connectivity index (χ0) is 17.6. The van der Waals surface area contributed by atoms with Crippen molar-refractivity contribution in [2.75, 3.05) is 6.61 Å². The number of aromatic amines is 1. The van der Waals surface area contributed by atoms with Crippen LogP contribution in [0.1, 0.15) is 28.8 Å². The van der Waals surface area contributed by atoms with Crippen LogP contribution < -0.4 is 0 Å². The smallest absolute Gasteiger partial charge is 0.306 e. The first-order valence-electron chi connectivity index (χ1n) is 8.13. The standard InChI is InChI=1S/C20H18BrNO3/c21-16-7-3-5-14(11-16)19(23)13-25-20(24)10-4-6-15-12-22-18-9-2-1-8-17(15)18/h1-3,5,7-9,11-12,22H,4,6,10,13H2. The summed E-state index contributed by atoms with van der Waals surface area (Å²) in [4.78, 5) is 27.1. The molecule has 4 nitrogen and oxygen atoms in total. The number of carbonyl (C=O) groups excluding carboxylic acids is 2. The van der Waals surface area contributed by atoms with Crippen LogP contribution >= 0.6 is 15.9 Å². The topological polar surface area (TPSA) is 59.2 Å². The van der Waals surface area contributed by atoms with Crippen LogP contribution in [0.15, 0.2) is 59.2 Å². The van der Waals surface area contributed by atoms with Gasteiger partial charge >= 0.3 is 5.97 Å². The molecule has 0 atom stereocenters. The van der Waals surface area contributed by atoms with Gasteiger partial charge in [-0.1, -0.05) is 46.3 Å². The Morgan fingerprint density at radius 1 is 1.08 bits per heavy atom. The van der Waals surface area contributed by atoms with Gasteiger partial charge < -0.3 is 9.72 Å². The molecular formula is C20H18BrNO3. The number of rotatable bonds is 7. The van der Waals surface area contributed by atoms with Gasteiger partial charge in [0.25, 0.3) is 0 Å². The maximum Gasteiger partial charge on any atom is 0.306 e. The molecule has 0 saturated carbocycles. The summed E-state index contributed by atoms with van der Waals surface area (Å²) in [6.07, 6.45) is 3.75. The average Bonchev–Trinajstić information content (AvgIpc) is 3.03. The van der Waals surface area contributed by atoms with Crippen LogP contribution in [0.25, 0.3) is 10.9 Å². The Balaban J connectivity index is 1.44. The second-order valence-corrected chi connectivity index (χ2v) is 6.72. The molecule has 25 heavy (non-hydrogen) atoms. The number of esters is 1. The van der Waals surface area contributed by atoms with Crippen molar-refractivity contribution in [1.82, 2.24) is 4.98 Å². The summed E-state index contributed by atoms with van der Waals surface area (Å²) in [5.41, 5.74) is 2.81. The lowest BCUT2D eigenvalue weighted by Gasteiger charge is -2.05. The molecule has 1 heterocycles. The number of H-pyrrole nitrogens is 1. The van der Waals surface area contributed by atoms with Gasteiger partial charge in [-0.15, -0.1) is 0 Å². The first-order chi connectivity index (χ1) is 12.1. The Kier molecular flexibility index (Phi) is 5.66. The number of aromatic nitrogens is 1. The Hall–Kier alpha value is -2.40. The summed E-state index contributed by atoms with van der Waals surface area (Å²) in [6, 6.07) is 15.1. The van der Waals surface area contributed by atoms with E-state index in [1.165, 1.54) is 10.9 Å². The molecule has 0 aliphatic rings. The minimum Gasteiger partial charge on any atom is -0.457 e. The van der Waals surface area contributed by atoms with Crippen molar-refractivity contribution in [3.63, 3.8) is 0 Å². The molecule has 1 N–H and O–H groups in total. The number of fused-ring (bicyclic) bond motifs is 1. The van der Waals surface area contributed by atoms with Gasteiger partial charge in [0.15, 0.2) is 12.4 Å². The molecule has 128 valence electrons. The van der Waals surface area contributed by atoms with Gasteiger partial charge in [0, 0.05) is 33.6 Å². The maximum atomic E-state index is 12.0. The van der Waals surface area contributed by atoms with E-state index < -0.39 is 0 Å². The van der Waals surface area contributed by atoms with E-state index in [4.69, 9.17) is 4.74 Å². The molecule has 2 aromatic carbocycles. The Labute approximate surface area is 154 Å². The zero-order valence-corrected chi connectivity index (χ0v) is 15.2. The number of hydrogen-bond donors (Lipinski definition) is 1. The van der Waals surface area contributed by atoms with E-state index in [9.17, 15) is 9.59 Å². The van der Waals surface area contributed by atoms with E-state index in [1.54, 1.807) is 18.2 Å². The summed E-state index contributed by atoms with van der Waals surface area (Å²) < 4.78 is 5.92. The molecule has 0 saturated heterocycles. The van der Waals surface area contributed by atoms with E-state index in [0.717, 1.165) is 16.4 Å². The van der Waals surface area contributed by atoms with Crippen molar-refractivity contribution in [3.05, 3.63) is 70.3 Å². The molecular weight excluding hydrogens is 382 g/mol. The van der Waals surface area contributed by atoms with Crippen molar-refractivity contribution < 1.29 is 14.3 Å². The minimum absolute atomic E-state index is 0.203. The van der Waals surface area contributed by atoms with Gasteiger partial charge in [-0.3, -0.25) is 9.59 Å². The highest BCUT2D eigenvalue weighted by Gasteiger charge is 2.11. The highest BCUT2D eigenvalue weighted by atomic mass is 79.9. The van der Waals surface area contributed by atoms with Crippen LogP contribution in [0, 0.1) is 0 Å². The number of ketones is 1. The molecule has 0 spiro atoms. The van der Waals surface area contributed by atoms with Gasteiger partial charge in [-0.05, 0) is 36.6 Å². The summed E-state index contributed by atoms with van der Waals surface area (Å²) in [6.45, 7) is -0.220. The minimum atomic E-state index is -0.344. The molecule has 5 heteroatoms. The van der Waals surface area contributed by atoms with Crippen molar-refractivity contribution in [1.29, 1.82) is 0 Å². The Morgan fingerprint density at radius 3 is 2.76 bits per heavy atom. The Morgan fingerprint density at radius 2 is 1.92 bits per heavy atom. The Bertz CT molecular complexity index is 901. The number of benzene rings is 2. The fourth-order valence-electron chi connectivity index (χ4n) is 2.73. The highest BCUT2D eigenvalue weighted by Crippen LogP contribution is 2.19. The second kappa shape index (κ2) is 8.12. The molecule has 0 bridgehead atoms. The van der Waals surface area contributed by atoms with Crippen molar-refractivity contribution >= 4 is 38.6 Å². The molecule has 0 amide bonds. The molecule has 0 aliphatic heterocycles. The fourth-order valence-corrected chi connectivity index (χ4v) is 3.12. The predicted octanol–water partition coefficient (Wildman–Crippen LogP) is 4.68. The van der Waals surface area contributed by atoms with Crippen LogP contribution in [0.2, 0.25) is 0 Å². The highest BCUT2D eigenvalue weighted by molar-refractivity contribution is 9.10. The third-order valence-corrected chi connectivity index (χ3v) is 4.51. The normalized spacial score (nSPS) is 10.8. The van der Waals surface area contributed by atoms with Gasteiger partial charge in [-0.2, -0.15) is 0 Å². The SMILES string of the molecule is O=C(CCCc1c[nH]c2ccccc12)OCC(=O)c1cccc(Br)c1. The largest absolute Gasteiger partial charge is 0.457 e. The number of ether oxygens (including phenoxy) is 1. The van der Waals surface area contributed by atoms with Crippen LogP contribution in [0.4, 0.5) is 0 Å². The van der Waals surface area contributed by atoms with Gasteiger partial charge in [0.1, 0.15) is 0 Å². The molecule has 3 aromatic rings. The average molecular weight is 400 g/mol. The lowest BCUT2D eigenvalue weighted by atomic mass is 10.1. The third-order valence-electron chi connectivity index (χ3n) is 4.01. The number of aryl methyl sites for hydroxylation is 1. The van der Waals surface area contributed by atoms with Crippen LogP contribution in [-0.4, -0.2) is 23.3 Å². The first kappa shape index (κ1) is 17.4. The molecule has 0 unspecified atom stereocenters. The summed E-state index contributed by atoms with van der Waals surface area (Å²) in [7, 11) is 0. The number of carbonyl (C=O) groups is 2. The van der Waals surface area contributed by atoms with Crippen molar-refractivity contribution in [2.45, 2.75) is 19.3 Å². The quantitative estimate of drug-likeness (QED) is 0.463. The third kappa shape index (κ3) is 4.57. The van der Waals surface area contributed by atoms with E-state index in [2.05, 4.69) is 27.0 Å². The van der Waals surface area contributed by atoms with Crippen LogP contribution in [0.3, 0.4) is 0 Å². The maximum absolute atomic E-state index is 12.0. The monoisotopic (exact) mass is 399 g/mol. The predicted molar refractivity (Wildman–Crippen MR) is 101 cm³/mol. The van der Waals surface area contributed by atoms with Gasteiger partial charge in [0.05, 0.1) is 0 Å². The number of Topliss-reactive ketones (excluding diaryl/α,β-unsaturated/α-hetero) is 1. The van der Waals surface area contributed by atoms with Gasteiger partial charge in [-0.25, -0.2) is 0 Å². The number of halogens is 1. The molecule has 0 radical (unpaired) electrons. The summed E-state index contributed by atoms with van der Waals surface area (Å²) in [5.74, 6) is -0.547. The van der Waals surface area contributed by atoms with Crippen molar-refractivity contribution in [3.8, 4) is 0 Å². The summed E-state index contributed by atoms with van der Waals surface area (Å²) in [5, 5.41) is 1.18. The molecule has 3 rings (SSSR count). The number of para-hydroxylation sites is 1. The second-order valence-electron chi connectivity index (χ2n) is 5.81. The van der Waals surface area contributed by atoms with E-state index in [1.807, 2.05) is 30.5 Å². The molecule has 0 aliphatic carbocycles. The van der Waals surface area contributed by atoms with E-state index in [0.29, 0.717) is 18.4 Å². The van der Waals surface area contributed by atoms with Crippen LogP contribution in [-0.2, 0) is 16.0 Å². The fraction of sp³-hybridized carbons (Fsp3) is 0.200. The summed E-state index contributed by atoms with van der Waals surface area (Å²) >= 11 is 3.32. The van der Waals surface area contributed by atoms with Gasteiger partial charge in [0.2, 0.25) is 0 Å². The number of hydrogen-bond acceptors (Lipinski definition) is 3. The number of nitrogens with one attached hydrogen (secondary N) is 1. The van der Waals surface area contributed by atoms with E-state index >= 15 is 0 Å². The van der Waals surface area contributed by atoms with Crippen molar-refractivity contribution in [2.24, 2.45) is 0 Å². The molecule has 0 fully saturated rings. The zero-order valence-electron chi connectivity index (χ0n) is 13.6. The molecule has 1 aromatic heterocycles.